The van der Waals surface area contributed by atoms with Gasteiger partial charge in [0.15, 0.2) is 11.0 Å². The third kappa shape index (κ3) is 5.36. The number of hydrazone groups is 1. The zero-order valence-corrected chi connectivity index (χ0v) is 18.9. The van der Waals surface area contributed by atoms with Gasteiger partial charge in [-0.1, -0.05) is 42.1 Å². The highest BCUT2D eigenvalue weighted by molar-refractivity contribution is 7.99. The van der Waals surface area contributed by atoms with Crippen molar-refractivity contribution in [2.45, 2.75) is 5.16 Å². The van der Waals surface area contributed by atoms with Gasteiger partial charge in [-0.2, -0.15) is 5.10 Å². The number of ether oxygens (including phenoxy) is 1. The van der Waals surface area contributed by atoms with Crippen LogP contribution in [0.2, 0.25) is 0 Å². The van der Waals surface area contributed by atoms with E-state index in [0.29, 0.717) is 16.5 Å². The van der Waals surface area contributed by atoms with Crippen LogP contribution in [0.1, 0.15) is 5.56 Å². The van der Waals surface area contributed by atoms with Crippen molar-refractivity contribution in [3.05, 3.63) is 78.4 Å². The average molecular weight is 476 g/mol. The summed E-state index contributed by atoms with van der Waals surface area (Å²) < 4.78 is 7.13. The second-order valence-electron chi connectivity index (χ2n) is 7.03. The number of rotatable bonds is 8. The lowest BCUT2D eigenvalue weighted by Gasteiger charge is -2.11. The molecule has 0 aliphatic heterocycles. The number of thioether (sulfide) groups is 1. The molecule has 0 unspecified atom stereocenters. The van der Waals surface area contributed by atoms with Crippen molar-refractivity contribution in [2.75, 3.05) is 12.9 Å². The number of benzene rings is 3. The van der Waals surface area contributed by atoms with E-state index in [1.807, 2.05) is 59.2 Å². The van der Waals surface area contributed by atoms with Gasteiger partial charge < -0.3 is 14.9 Å². The van der Waals surface area contributed by atoms with Crippen LogP contribution in [0.3, 0.4) is 0 Å². The molecule has 0 spiro atoms. The highest BCUT2D eigenvalue weighted by Crippen LogP contribution is 2.28. The van der Waals surface area contributed by atoms with Crippen molar-refractivity contribution in [1.29, 1.82) is 0 Å². The number of phenolic OH excluding ortho intramolecular Hbond substituents is 2. The van der Waals surface area contributed by atoms with Gasteiger partial charge in [-0.3, -0.25) is 9.36 Å². The van der Waals surface area contributed by atoms with Crippen LogP contribution in [-0.4, -0.2) is 50.0 Å². The minimum atomic E-state index is -0.356. The largest absolute Gasteiger partial charge is 0.508 e. The Labute approximate surface area is 199 Å². The van der Waals surface area contributed by atoms with Gasteiger partial charge in [0.05, 0.1) is 19.1 Å². The Morgan fingerprint density at radius 1 is 1.09 bits per heavy atom. The lowest BCUT2D eigenvalue weighted by atomic mass is 10.2. The maximum atomic E-state index is 12.3. The first-order valence-corrected chi connectivity index (χ1v) is 11.2. The Morgan fingerprint density at radius 3 is 2.56 bits per heavy atom. The quantitative estimate of drug-likeness (QED) is 0.202. The van der Waals surface area contributed by atoms with Crippen LogP contribution in [0.25, 0.3) is 17.1 Å². The molecule has 0 saturated heterocycles. The number of nitrogens with one attached hydrogen (secondary N) is 1. The molecule has 0 fully saturated rings. The number of aromatic hydroxyl groups is 2. The summed E-state index contributed by atoms with van der Waals surface area (Å²) in [6, 6.07) is 21.2. The molecule has 1 amide bonds. The number of nitrogens with zero attached hydrogens (tertiary/aromatic N) is 4. The molecular weight excluding hydrogens is 454 g/mol. The van der Waals surface area contributed by atoms with Gasteiger partial charge >= 0.3 is 0 Å². The summed E-state index contributed by atoms with van der Waals surface area (Å²) in [5.74, 6) is 0.852. The smallest absolute Gasteiger partial charge is 0.250 e. The summed E-state index contributed by atoms with van der Waals surface area (Å²) in [6.45, 7) is 0. The van der Waals surface area contributed by atoms with Gasteiger partial charge in [0, 0.05) is 22.9 Å². The number of methoxy groups -OCH3 is 1. The van der Waals surface area contributed by atoms with E-state index in [1.54, 1.807) is 7.11 Å². The molecule has 4 rings (SSSR count). The molecule has 9 nitrogen and oxygen atoms in total. The predicted octanol–water partition coefficient (Wildman–Crippen LogP) is 3.60. The number of aromatic nitrogens is 3. The number of phenols is 2. The van der Waals surface area contributed by atoms with Crippen molar-refractivity contribution < 1.29 is 19.7 Å². The summed E-state index contributed by atoms with van der Waals surface area (Å²) in [5, 5.41) is 32.2. The third-order valence-electron chi connectivity index (χ3n) is 4.74. The second-order valence-corrected chi connectivity index (χ2v) is 7.97. The Bertz CT molecular complexity index is 1310. The van der Waals surface area contributed by atoms with E-state index >= 15 is 0 Å². The van der Waals surface area contributed by atoms with Crippen LogP contribution in [0.15, 0.2) is 83.1 Å². The SMILES string of the molecule is COc1ccc(-n2c(SCC(=O)N/N=C/c3ccc(O)cc3O)nnc2-c2ccccc2)cc1. The first-order chi connectivity index (χ1) is 16.5. The molecule has 34 heavy (non-hydrogen) atoms. The molecule has 0 aliphatic rings. The summed E-state index contributed by atoms with van der Waals surface area (Å²) in [5.41, 5.74) is 4.49. The zero-order valence-electron chi connectivity index (χ0n) is 18.1. The van der Waals surface area contributed by atoms with Crippen LogP contribution < -0.4 is 10.2 Å². The van der Waals surface area contributed by atoms with E-state index in [1.165, 1.54) is 36.2 Å². The van der Waals surface area contributed by atoms with E-state index in [9.17, 15) is 15.0 Å². The molecule has 10 heteroatoms. The minimum Gasteiger partial charge on any atom is -0.508 e. The summed E-state index contributed by atoms with van der Waals surface area (Å²) in [4.78, 5) is 12.3. The van der Waals surface area contributed by atoms with Gasteiger partial charge in [-0.15, -0.1) is 10.2 Å². The van der Waals surface area contributed by atoms with Crippen molar-refractivity contribution in [2.24, 2.45) is 5.10 Å². The molecule has 0 atom stereocenters. The molecule has 172 valence electrons. The van der Waals surface area contributed by atoms with Gasteiger partial charge in [0.2, 0.25) is 0 Å². The van der Waals surface area contributed by atoms with E-state index in [4.69, 9.17) is 4.74 Å². The van der Waals surface area contributed by atoms with Gasteiger partial charge in [0.25, 0.3) is 5.91 Å². The number of amides is 1. The van der Waals surface area contributed by atoms with Crippen LogP contribution in [-0.2, 0) is 4.79 Å². The molecule has 4 aromatic rings. The van der Waals surface area contributed by atoms with E-state index in [0.717, 1.165) is 17.0 Å². The standard InChI is InChI=1S/C24H21N5O4S/c1-33-20-11-8-18(9-12-20)29-23(16-5-3-2-4-6-16)27-28-24(29)34-15-22(32)26-25-14-17-7-10-19(30)13-21(17)31/h2-14,30-31H,15H2,1H3,(H,26,32)/b25-14+. The number of hydrogen-bond acceptors (Lipinski definition) is 8. The van der Waals surface area contributed by atoms with Crippen molar-refractivity contribution in [1.82, 2.24) is 20.2 Å². The number of carbonyl (C=O) groups is 1. The van der Waals surface area contributed by atoms with Gasteiger partial charge in [-0.05, 0) is 36.4 Å². The maximum absolute atomic E-state index is 12.3. The fourth-order valence-corrected chi connectivity index (χ4v) is 3.82. The molecule has 0 radical (unpaired) electrons. The van der Waals surface area contributed by atoms with Gasteiger partial charge in [0.1, 0.15) is 17.2 Å². The highest BCUT2D eigenvalue weighted by Gasteiger charge is 2.17. The fraction of sp³-hybridized carbons (Fsp3) is 0.0833. The average Bonchev–Trinajstić information content (AvgIpc) is 3.28. The highest BCUT2D eigenvalue weighted by atomic mass is 32.2. The Balaban J connectivity index is 1.50. The number of carbonyl (C=O) groups excluding carboxylic acids is 1. The molecule has 0 bridgehead atoms. The first-order valence-electron chi connectivity index (χ1n) is 10.2. The maximum Gasteiger partial charge on any atom is 0.250 e. The van der Waals surface area contributed by atoms with Crippen LogP contribution >= 0.6 is 11.8 Å². The summed E-state index contributed by atoms with van der Waals surface area (Å²) >= 11 is 1.22. The van der Waals surface area contributed by atoms with Crippen LogP contribution in [0, 0.1) is 0 Å². The molecule has 3 N–H and O–H groups in total. The van der Waals surface area contributed by atoms with E-state index in [-0.39, 0.29) is 23.2 Å². The number of hydrogen-bond donors (Lipinski definition) is 3. The topological polar surface area (TPSA) is 122 Å². The molecule has 0 aliphatic carbocycles. The summed E-state index contributed by atoms with van der Waals surface area (Å²) in [6.07, 6.45) is 1.30. The fourth-order valence-electron chi connectivity index (χ4n) is 3.08. The summed E-state index contributed by atoms with van der Waals surface area (Å²) in [7, 11) is 1.61. The Morgan fingerprint density at radius 2 is 1.85 bits per heavy atom. The molecule has 3 aromatic carbocycles. The predicted molar refractivity (Wildman–Crippen MR) is 130 cm³/mol. The second kappa shape index (κ2) is 10.5. The van der Waals surface area contributed by atoms with Crippen molar-refractivity contribution in [3.63, 3.8) is 0 Å². The minimum absolute atomic E-state index is 0.0436. The third-order valence-corrected chi connectivity index (χ3v) is 5.66. The van der Waals surface area contributed by atoms with Crippen LogP contribution in [0.4, 0.5) is 0 Å². The first kappa shape index (κ1) is 22.9. The lowest BCUT2D eigenvalue weighted by molar-refractivity contribution is -0.118. The van der Waals surface area contributed by atoms with Gasteiger partial charge in [-0.25, -0.2) is 5.43 Å². The van der Waals surface area contributed by atoms with Crippen molar-refractivity contribution in [3.8, 4) is 34.3 Å². The normalized spacial score (nSPS) is 11.0. The molecule has 0 saturated carbocycles. The molecule has 1 aromatic heterocycles. The monoisotopic (exact) mass is 475 g/mol. The molecule has 1 heterocycles. The Kier molecular flexibility index (Phi) is 7.09. The Hall–Kier alpha value is -4.31. The van der Waals surface area contributed by atoms with E-state index < -0.39 is 0 Å². The lowest BCUT2D eigenvalue weighted by Crippen LogP contribution is -2.20. The van der Waals surface area contributed by atoms with E-state index in [2.05, 4.69) is 20.7 Å². The zero-order chi connectivity index (χ0) is 23.9. The van der Waals surface area contributed by atoms with Crippen LogP contribution in [0.5, 0.6) is 17.2 Å². The molecular formula is C24H21N5O4S. The van der Waals surface area contributed by atoms with Crippen molar-refractivity contribution >= 4 is 23.9 Å².